The first kappa shape index (κ1) is 16.5. The SMILES string of the molecule is CCC(C)C(NC(=O)c1ccc(C(=O)O)s1)C(F)(F)F. The molecule has 2 atom stereocenters. The van der Waals surface area contributed by atoms with Crippen LogP contribution in [0, 0.1) is 5.92 Å². The molecule has 0 saturated heterocycles. The molecule has 2 unspecified atom stereocenters. The lowest BCUT2D eigenvalue weighted by molar-refractivity contribution is -0.164. The largest absolute Gasteiger partial charge is 0.477 e. The molecule has 0 aliphatic heterocycles. The maximum Gasteiger partial charge on any atom is 0.408 e. The summed E-state index contributed by atoms with van der Waals surface area (Å²) in [6.07, 6.45) is -4.28. The molecule has 8 heteroatoms. The van der Waals surface area contributed by atoms with Crippen LogP contribution in [-0.4, -0.2) is 29.2 Å². The highest BCUT2D eigenvalue weighted by Crippen LogP contribution is 2.28. The number of alkyl halides is 3. The monoisotopic (exact) mass is 309 g/mol. The zero-order valence-electron chi connectivity index (χ0n) is 10.8. The predicted octanol–water partition coefficient (Wildman–Crippen LogP) is 3.15. The first-order chi connectivity index (χ1) is 9.16. The maximum absolute atomic E-state index is 12.9. The Labute approximate surface area is 117 Å². The summed E-state index contributed by atoms with van der Waals surface area (Å²) in [6, 6.07) is 0.441. The Morgan fingerprint density at radius 3 is 2.30 bits per heavy atom. The van der Waals surface area contributed by atoms with E-state index < -0.39 is 30.0 Å². The minimum absolute atomic E-state index is 0.0556. The van der Waals surface area contributed by atoms with E-state index in [1.54, 1.807) is 6.92 Å². The van der Waals surface area contributed by atoms with Crippen LogP contribution in [-0.2, 0) is 0 Å². The molecule has 0 bridgehead atoms. The van der Waals surface area contributed by atoms with Gasteiger partial charge in [0.25, 0.3) is 5.91 Å². The summed E-state index contributed by atoms with van der Waals surface area (Å²) in [7, 11) is 0. The fourth-order valence-electron chi connectivity index (χ4n) is 1.57. The van der Waals surface area contributed by atoms with E-state index in [2.05, 4.69) is 0 Å². The summed E-state index contributed by atoms with van der Waals surface area (Å²) in [4.78, 5) is 22.3. The lowest BCUT2D eigenvalue weighted by atomic mass is 9.98. The van der Waals surface area contributed by atoms with E-state index in [-0.39, 0.29) is 16.2 Å². The molecule has 0 saturated carbocycles. The second kappa shape index (κ2) is 6.25. The van der Waals surface area contributed by atoms with Gasteiger partial charge < -0.3 is 10.4 Å². The molecule has 1 heterocycles. The number of carbonyl (C=O) groups excluding carboxylic acids is 1. The average Bonchev–Trinajstić information content (AvgIpc) is 2.83. The summed E-state index contributed by atoms with van der Waals surface area (Å²) < 4.78 is 38.6. The highest BCUT2D eigenvalue weighted by atomic mass is 32.1. The Morgan fingerprint density at radius 1 is 1.35 bits per heavy atom. The topological polar surface area (TPSA) is 66.4 Å². The van der Waals surface area contributed by atoms with Gasteiger partial charge in [-0.05, 0) is 18.1 Å². The summed E-state index contributed by atoms with van der Waals surface area (Å²) in [5.41, 5.74) is 0. The molecular formula is C12H14F3NO3S. The number of carboxylic acids is 1. The van der Waals surface area contributed by atoms with Crippen molar-refractivity contribution in [3.05, 3.63) is 21.9 Å². The Balaban J connectivity index is 2.87. The Kier molecular flexibility index (Phi) is 5.15. The van der Waals surface area contributed by atoms with Crippen LogP contribution in [0.15, 0.2) is 12.1 Å². The van der Waals surface area contributed by atoms with Gasteiger partial charge in [0.05, 0.1) is 4.88 Å². The molecule has 20 heavy (non-hydrogen) atoms. The Hall–Kier alpha value is -1.57. The standard InChI is InChI=1S/C12H14F3NO3S/c1-3-6(2)9(12(13,14)15)16-10(17)7-4-5-8(20-7)11(18)19/h4-6,9H,3H2,1-2H3,(H,16,17)(H,18,19). The highest BCUT2D eigenvalue weighted by molar-refractivity contribution is 7.15. The molecule has 0 aliphatic carbocycles. The van der Waals surface area contributed by atoms with Crippen LogP contribution in [0.25, 0.3) is 0 Å². The van der Waals surface area contributed by atoms with E-state index in [9.17, 15) is 22.8 Å². The quantitative estimate of drug-likeness (QED) is 0.878. The van der Waals surface area contributed by atoms with E-state index in [1.165, 1.54) is 19.1 Å². The van der Waals surface area contributed by atoms with Gasteiger partial charge in [-0.2, -0.15) is 13.2 Å². The van der Waals surface area contributed by atoms with Crippen molar-refractivity contribution < 1.29 is 27.9 Å². The van der Waals surface area contributed by atoms with Crippen molar-refractivity contribution in [3.8, 4) is 0 Å². The zero-order valence-corrected chi connectivity index (χ0v) is 11.6. The smallest absolute Gasteiger partial charge is 0.408 e. The van der Waals surface area contributed by atoms with Crippen LogP contribution >= 0.6 is 11.3 Å². The molecule has 0 fully saturated rings. The number of aromatic carboxylic acids is 1. The normalized spacial score (nSPS) is 14.7. The molecule has 1 aromatic rings. The number of halogens is 3. The predicted molar refractivity (Wildman–Crippen MR) is 68.0 cm³/mol. The molecule has 0 radical (unpaired) electrons. The molecule has 1 amide bonds. The van der Waals surface area contributed by atoms with Gasteiger partial charge >= 0.3 is 12.1 Å². The first-order valence-electron chi connectivity index (χ1n) is 5.87. The number of carboxylic acid groups (broad SMARTS) is 1. The van der Waals surface area contributed by atoms with Gasteiger partial charge in [0.1, 0.15) is 10.9 Å². The van der Waals surface area contributed by atoms with Gasteiger partial charge in [-0.3, -0.25) is 4.79 Å². The molecule has 4 nitrogen and oxygen atoms in total. The van der Waals surface area contributed by atoms with Crippen LogP contribution in [0.5, 0.6) is 0 Å². The van der Waals surface area contributed by atoms with E-state index in [4.69, 9.17) is 5.11 Å². The van der Waals surface area contributed by atoms with Crippen molar-refractivity contribution in [2.75, 3.05) is 0 Å². The van der Waals surface area contributed by atoms with Gasteiger partial charge in [0, 0.05) is 0 Å². The highest BCUT2D eigenvalue weighted by Gasteiger charge is 2.43. The third-order valence-electron chi connectivity index (χ3n) is 2.89. The number of thiophene rings is 1. The molecule has 1 rings (SSSR count). The van der Waals surface area contributed by atoms with Gasteiger partial charge in [0.2, 0.25) is 0 Å². The van der Waals surface area contributed by atoms with Crippen molar-refractivity contribution in [1.82, 2.24) is 5.32 Å². The molecule has 0 aromatic carbocycles. The Morgan fingerprint density at radius 2 is 1.90 bits per heavy atom. The van der Waals surface area contributed by atoms with Crippen LogP contribution in [0.4, 0.5) is 13.2 Å². The fraction of sp³-hybridized carbons (Fsp3) is 0.500. The fourth-order valence-corrected chi connectivity index (χ4v) is 2.32. The van der Waals surface area contributed by atoms with Crippen LogP contribution in [0.3, 0.4) is 0 Å². The number of carbonyl (C=O) groups is 2. The van der Waals surface area contributed by atoms with E-state index in [1.807, 2.05) is 5.32 Å². The molecule has 0 spiro atoms. The summed E-state index contributed by atoms with van der Waals surface area (Å²) in [6.45, 7) is 3.00. The second-order valence-electron chi connectivity index (χ2n) is 4.35. The summed E-state index contributed by atoms with van der Waals surface area (Å²) >= 11 is 0.642. The summed E-state index contributed by atoms with van der Waals surface area (Å²) in [5.74, 6) is -2.90. The van der Waals surface area contributed by atoms with Crippen molar-refractivity contribution in [1.29, 1.82) is 0 Å². The van der Waals surface area contributed by atoms with Crippen LogP contribution < -0.4 is 5.32 Å². The second-order valence-corrected chi connectivity index (χ2v) is 5.43. The summed E-state index contributed by atoms with van der Waals surface area (Å²) in [5, 5.41) is 10.6. The van der Waals surface area contributed by atoms with Crippen molar-refractivity contribution in [2.45, 2.75) is 32.5 Å². The number of nitrogens with one attached hydrogen (secondary N) is 1. The van der Waals surface area contributed by atoms with E-state index >= 15 is 0 Å². The zero-order chi connectivity index (χ0) is 15.5. The molecule has 1 aromatic heterocycles. The first-order valence-corrected chi connectivity index (χ1v) is 6.69. The van der Waals surface area contributed by atoms with Gasteiger partial charge in [-0.15, -0.1) is 11.3 Å². The number of hydrogen-bond donors (Lipinski definition) is 2. The van der Waals surface area contributed by atoms with Crippen molar-refractivity contribution >= 4 is 23.2 Å². The molecular weight excluding hydrogens is 295 g/mol. The molecule has 2 N–H and O–H groups in total. The lowest BCUT2D eigenvalue weighted by Gasteiger charge is -2.26. The number of hydrogen-bond acceptors (Lipinski definition) is 3. The molecule has 112 valence electrons. The van der Waals surface area contributed by atoms with Crippen molar-refractivity contribution in [3.63, 3.8) is 0 Å². The Bertz CT molecular complexity index is 498. The van der Waals surface area contributed by atoms with Crippen molar-refractivity contribution in [2.24, 2.45) is 5.92 Å². The molecule has 0 aliphatic rings. The third-order valence-corrected chi connectivity index (χ3v) is 3.96. The maximum atomic E-state index is 12.9. The van der Waals surface area contributed by atoms with E-state index in [0.29, 0.717) is 11.3 Å². The number of rotatable bonds is 5. The van der Waals surface area contributed by atoms with Gasteiger partial charge in [-0.25, -0.2) is 4.79 Å². The number of amides is 1. The lowest BCUT2D eigenvalue weighted by Crippen LogP contribution is -2.49. The van der Waals surface area contributed by atoms with Gasteiger partial charge in [0.15, 0.2) is 0 Å². The minimum atomic E-state index is -4.54. The van der Waals surface area contributed by atoms with E-state index in [0.717, 1.165) is 0 Å². The van der Waals surface area contributed by atoms with Crippen LogP contribution in [0.1, 0.15) is 39.6 Å². The minimum Gasteiger partial charge on any atom is -0.477 e. The van der Waals surface area contributed by atoms with Gasteiger partial charge in [-0.1, -0.05) is 20.3 Å². The third kappa shape index (κ3) is 3.96. The average molecular weight is 309 g/mol. The van der Waals surface area contributed by atoms with Crippen LogP contribution in [0.2, 0.25) is 0 Å².